The highest BCUT2D eigenvalue weighted by Gasteiger charge is 2.22. The fraction of sp³-hybridized carbons (Fsp3) is 0.222. The highest BCUT2D eigenvalue weighted by Crippen LogP contribution is 2.37. The van der Waals surface area contributed by atoms with Crippen LogP contribution in [0, 0.1) is 0 Å². The Bertz CT molecular complexity index is 1290. The van der Waals surface area contributed by atoms with Gasteiger partial charge in [0, 0.05) is 11.1 Å². The maximum absolute atomic E-state index is 12.2. The zero-order chi connectivity index (χ0) is 23.7. The van der Waals surface area contributed by atoms with E-state index in [2.05, 4.69) is 15.9 Å². The van der Waals surface area contributed by atoms with Gasteiger partial charge in [-0.15, -0.1) is 0 Å². The number of carboxylic acid groups (broad SMARTS) is 1. The van der Waals surface area contributed by atoms with Crippen LogP contribution in [0.4, 0.5) is 0 Å². The van der Waals surface area contributed by atoms with Crippen molar-refractivity contribution >= 4 is 32.8 Å². The molecule has 33 heavy (non-hydrogen) atoms. The molecule has 0 aliphatic rings. The van der Waals surface area contributed by atoms with E-state index in [9.17, 15) is 9.90 Å². The molecule has 4 rings (SSSR count). The Kier molecular flexibility index (Phi) is 6.47. The molecule has 0 spiro atoms. The minimum Gasteiger partial charge on any atom is -0.491 e. The molecule has 0 fully saturated rings. The van der Waals surface area contributed by atoms with Crippen molar-refractivity contribution in [2.45, 2.75) is 39.9 Å². The van der Waals surface area contributed by atoms with Crippen LogP contribution in [-0.4, -0.2) is 27.9 Å². The maximum Gasteiger partial charge on any atom is 0.354 e. The van der Waals surface area contributed by atoms with Gasteiger partial charge < -0.3 is 19.1 Å². The largest absolute Gasteiger partial charge is 0.491 e. The fourth-order valence-corrected chi connectivity index (χ4v) is 4.50. The zero-order valence-corrected chi connectivity index (χ0v) is 20.6. The first kappa shape index (κ1) is 22.9. The average Bonchev–Trinajstić information content (AvgIpc) is 3.06. The summed E-state index contributed by atoms with van der Waals surface area (Å²) < 4.78 is 13.8. The van der Waals surface area contributed by atoms with E-state index in [0.29, 0.717) is 4.47 Å². The van der Waals surface area contributed by atoms with Crippen LogP contribution in [0.15, 0.2) is 71.2 Å². The highest BCUT2D eigenvalue weighted by molar-refractivity contribution is 9.10. The van der Waals surface area contributed by atoms with E-state index in [1.54, 1.807) is 4.57 Å². The molecule has 0 aliphatic carbocycles. The van der Waals surface area contributed by atoms with Crippen LogP contribution in [0.3, 0.4) is 0 Å². The van der Waals surface area contributed by atoms with Gasteiger partial charge in [0.1, 0.15) is 17.2 Å². The number of fused-ring (bicyclic) bond motifs is 1. The van der Waals surface area contributed by atoms with Gasteiger partial charge in [0.05, 0.1) is 22.2 Å². The molecule has 6 heteroatoms. The van der Waals surface area contributed by atoms with E-state index in [1.165, 1.54) is 0 Å². The number of carboxylic acids is 1. The Balaban J connectivity index is 1.79. The molecule has 0 radical (unpaired) electrons. The smallest absolute Gasteiger partial charge is 0.354 e. The second-order valence-electron chi connectivity index (χ2n) is 8.39. The lowest BCUT2D eigenvalue weighted by Crippen LogP contribution is -2.08. The normalized spacial score (nSPS) is 11.4. The van der Waals surface area contributed by atoms with Gasteiger partial charge in [-0.1, -0.05) is 18.2 Å². The highest BCUT2D eigenvalue weighted by atomic mass is 79.9. The third-order valence-electron chi connectivity index (χ3n) is 5.13. The lowest BCUT2D eigenvalue weighted by Gasteiger charge is -2.12. The first-order valence-electron chi connectivity index (χ1n) is 10.9. The van der Waals surface area contributed by atoms with Gasteiger partial charge in [-0.25, -0.2) is 4.79 Å². The monoisotopic (exact) mass is 507 g/mol. The van der Waals surface area contributed by atoms with Crippen molar-refractivity contribution in [1.82, 2.24) is 4.57 Å². The van der Waals surface area contributed by atoms with Crippen LogP contribution in [-0.2, 0) is 0 Å². The third kappa shape index (κ3) is 4.76. The van der Waals surface area contributed by atoms with Gasteiger partial charge >= 0.3 is 5.97 Å². The number of carbonyl (C=O) groups is 1. The van der Waals surface area contributed by atoms with Crippen molar-refractivity contribution in [3.8, 4) is 28.3 Å². The summed E-state index contributed by atoms with van der Waals surface area (Å²) in [4.78, 5) is 12.2. The predicted octanol–water partition coefficient (Wildman–Crippen LogP) is 7.33. The molecule has 0 saturated heterocycles. The fourth-order valence-electron chi connectivity index (χ4n) is 3.83. The standard InChI is InChI=1S/C27H26BrNO4/c1-16(2)32-21-10-5-18(6-11-21)19-7-14-24-23(15-19)25(28)26(27(30)31)29(24)20-8-12-22(13-9-20)33-17(3)4/h5-17H,1-4H3,(H,30,31). The van der Waals surface area contributed by atoms with Gasteiger partial charge in [-0.2, -0.15) is 0 Å². The average molecular weight is 508 g/mol. The molecule has 1 heterocycles. The van der Waals surface area contributed by atoms with Gasteiger partial charge in [0.15, 0.2) is 0 Å². The van der Waals surface area contributed by atoms with E-state index in [-0.39, 0.29) is 17.9 Å². The molecular formula is C27H26BrNO4. The van der Waals surface area contributed by atoms with Crippen molar-refractivity contribution < 1.29 is 19.4 Å². The van der Waals surface area contributed by atoms with Gasteiger partial charge in [-0.3, -0.25) is 0 Å². The molecule has 4 aromatic rings. The Labute approximate surface area is 201 Å². The SMILES string of the molecule is CC(C)Oc1ccc(-c2ccc3c(c2)c(Br)c(C(=O)O)n3-c2ccc(OC(C)C)cc2)cc1. The quantitative estimate of drug-likeness (QED) is 0.284. The molecule has 0 unspecified atom stereocenters. The summed E-state index contributed by atoms with van der Waals surface area (Å²) in [6, 6.07) is 21.3. The van der Waals surface area contributed by atoms with Crippen LogP contribution < -0.4 is 9.47 Å². The summed E-state index contributed by atoms with van der Waals surface area (Å²) in [5.41, 5.74) is 3.76. The second-order valence-corrected chi connectivity index (χ2v) is 9.18. The van der Waals surface area contributed by atoms with Crippen LogP contribution in [0.25, 0.3) is 27.7 Å². The minimum absolute atomic E-state index is 0.0661. The Morgan fingerprint density at radius 1 is 0.818 bits per heavy atom. The number of aromatic carboxylic acids is 1. The number of benzene rings is 3. The molecule has 1 aromatic heterocycles. The minimum atomic E-state index is -1.00. The maximum atomic E-state index is 12.2. The first-order chi connectivity index (χ1) is 15.7. The van der Waals surface area contributed by atoms with Gasteiger partial charge in [0.25, 0.3) is 0 Å². The third-order valence-corrected chi connectivity index (χ3v) is 5.94. The number of hydrogen-bond acceptors (Lipinski definition) is 3. The summed E-state index contributed by atoms with van der Waals surface area (Å²) in [6.07, 6.45) is 0.180. The van der Waals surface area contributed by atoms with E-state index < -0.39 is 5.97 Å². The molecular weight excluding hydrogens is 482 g/mol. The Morgan fingerprint density at radius 2 is 1.33 bits per heavy atom. The molecule has 3 aromatic carbocycles. The van der Waals surface area contributed by atoms with Crippen molar-refractivity contribution in [1.29, 1.82) is 0 Å². The lowest BCUT2D eigenvalue weighted by molar-refractivity contribution is 0.0687. The number of rotatable bonds is 7. The molecule has 0 amide bonds. The summed E-state index contributed by atoms with van der Waals surface area (Å²) in [7, 11) is 0. The zero-order valence-electron chi connectivity index (χ0n) is 19.0. The molecule has 170 valence electrons. The van der Waals surface area contributed by atoms with E-state index in [0.717, 1.165) is 39.2 Å². The summed E-state index contributed by atoms with van der Waals surface area (Å²) in [6.45, 7) is 7.93. The van der Waals surface area contributed by atoms with Crippen LogP contribution >= 0.6 is 15.9 Å². The van der Waals surface area contributed by atoms with E-state index in [4.69, 9.17) is 9.47 Å². The van der Waals surface area contributed by atoms with Gasteiger partial charge in [-0.05, 0) is 103 Å². The van der Waals surface area contributed by atoms with Crippen molar-refractivity contribution in [2.75, 3.05) is 0 Å². The summed E-state index contributed by atoms with van der Waals surface area (Å²) in [5, 5.41) is 10.8. The molecule has 0 bridgehead atoms. The van der Waals surface area contributed by atoms with E-state index in [1.807, 2.05) is 94.4 Å². The van der Waals surface area contributed by atoms with Crippen LogP contribution in [0.2, 0.25) is 0 Å². The number of aromatic nitrogens is 1. The number of nitrogens with zero attached hydrogens (tertiary/aromatic N) is 1. The molecule has 0 saturated carbocycles. The van der Waals surface area contributed by atoms with Crippen molar-refractivity contribution in [3.05, 3.63) is 76.9 Å². The molecule has 5 nitrogen and oxygen atoms in total. The second kappa shape index (κ2) is 9.32. The number of hydrogen-bond donors (Lipinski definition) is 1. The van der Waals surface area contributed by atoms with Crippen LogP contribution in [0.1, 0.15) is 38.2 Å². The topological polar surface area (TPSA) is 60.7 Å². The Hall–Kier alpha value is -3.25. The molecule has 0 aliphatic heterocycles. The van der Waals surface area contributed by atoms with E-state index >= 15 is 0 Å². The number of halogens is 1. The molecule has 1 N–H and O–H groups in total. The predicted molar refractivity (Wildman–Crippen MR) is 135 cm³/mol. The molecule has 0 atom stereocenters. The Morgan fingerprint density at radius 3 is 1.85 bits per heavy atom. The summed E-state index contributed by atoms with van der Waals surface area (Å²) in [5.74, 6) is 0.561. The first-order valence-corrected chi connectivity index (χ1v) is 11.7. The van der Waals surface area contributed by atoms with Crippen LogP contribution in [0.5, 0.6) is 11.5 Å². The lowest BCUT2D eigenvalue weighted by atomic mass is 10.0. The van der Waals surface area contributed by atoms with Crippen molar-refractivity contribution in [3.63, 3.8) is 0 Å². The summed E-state index contributed by atoms with van der Waals surface area (Å²) >= 11 is 3.55. The number of ether oxygens (including phenoxy) is 2. The van der Waals surface area contributed by atoms with Crippen molar-refractivity contribution in [2.24, 2.45) is 0 Å². The van der Waals surface area contributed by atoms with Gasteiger partial charge in [0.2, 0.25) is 0 Å².